The predicted octanol–water partition coefficient (Wildman–Crippen LogP) is 1.03. The number of piperidine rings is 1. The Hall–Kier alpha value is -0.720. The quantitative estimate of drug-likeness (QED) is 0.881. The Morgan fingerprint density at radius 1 is 1.62 bits per heavy atom. The second-order valence-corrected chi connectivity index (χ2v) is 5.23. The van der Waals surface area contributed by atoms with E-state index in [-0.39, 0.29) is 11.9 Å². The first kappa shape index (κ1) is 11.8. The molecule has 0 bridgehead atoms. The van der Waals surface area contributed by atoms with Gasteiger partial charge in [0.1, 0.15) is 10.0 Å². The number of rotatable bonds is 3. The minimum Gasteiger partial charge on any atom is -0.368 e. The highest BCUT2D eigenvalue weighted by atomic mass is 35.5. The summed E-state index contributed by atoms with van der Waals surface area (Å²) in [5, 5.41) is 3.95. The van der Waals surface area contributed by atoms with Gasteiger partial charge >= 0.3 is 0 Å². The van der Waals surface area contributed by atoms with E-state index in [9.17, 15) is 4.79 Å². The molecule has 1 amide bonds. The number of primary amides is 1. The Bertz CT molecular complexity index is 383. The van der Waals surface area contributed by atoms with E-state index in [4.69, 9.17) is 17.3 Å². The summed E-state index contributed by atoms with van der Waals surface area (Å²) in [6.07, 6.45) is 2.95. The molecule has 2 rings (SSSR count). The molecule has 1 aliphatic heterocycles. The molecule has 1 fully saturated rings. The first-order valence-corrected chi connectivity index (χ1v) is 6.33. The van der Waals surface area contributed by atoms with Crippen LogP contribution in [0.3, 0.4) is 0 Å². The van der Waals surface area contributed by atoms with Crippen molar-refractivity contribution in [1.82, 2.24) is 14.5 Å². The first-order valence-electron chi connectivity index (χ1n) is 5.18. The molecule has 5 nitrogen and oxygen atoms in total. The van der Waals surface area contributed by atoms with Crippen LogP contribution in [0.15, 0.2) is 0 Å². The third kappa shape index (κ3) is 2.50. The maximum atomic E-state index is 11.3. The summed E-state index contributed by atoms with van der Waals surface area (Å²) in [4.78, 5) is 13.3. The molecule has 0 aliphatic carbocycles. The zero-order chi connectivity index (χ0) is 11.5. The number of carbonyl (C=O) groups is 1. The van der Waals surface area contributed by atoms with Gasteiger partial charge in [-0.1, -0.05) is 22.5 Å². The minimum atomic E-state index is -0.265. The smallest absolute Gasteiger partial charge is 0.234 e. The molecule has 1 aromatic heterocycles. The van der Waals surface area contributed by atoms with Gasteiger partial charge < -0.3 is 5.73 Å². The number of nitrogens with zero attached hydrogens (tertiary/aromatic N) is 3. The van der Waals surface area contributed by atoms with Crippen molar-refractivity contribution in [2.75, 3.05) is 6.54 Å². The van der Waals surface area contributed by atoms with E-state index in [1.807, 2.05) is 4.90 Å². The maximum Gasteiger partial charge on any atom is 0.234 e. The van der Waals surface area contributed by atoms with Gasteiger partial charge in [-0.15, -0.1) is 5.10 Å². The second kappa shape index (κ2) is 5.07. The number of amides is 1. The highest BCUT2D eigenvalue weighted by Crippen LogP contribution is 2.23. The summed E-state index contributed by atoms with van der Waals surface area (Å²) in [6, 6.07) is -0.188. The van der Waals surface area contributed by atoms with Crippen molar-refractivity contribution in [3.05, 3.63) is 10.0 Å². The van der Waals surface area contributed by atoms with Gasteiger partial charge in [-0.3, -0.25) is 9.69 Å². The third-order valence-electron chi connectivity index (χ3n) is 2.80. The van der Waals surface area contributed by atoms with Crippen LogP contribution in [0.1, 0.15) is 25.0 Å². The molecule has 1 aliphatic rings. The molecule has 16 heavy (non-hydrogen) atoms. The Kier molecular flexibility index (Phi) is 3.73. The van der Waals surface area contributed by atoms with Gasteiger partial charge in [-0.05, 0) is 19.4 Å². The van der Waals surface area contributed by atoms with Gasteiger partial charge in [0.05, 0.1) is 6.04 Å². The molecule has 1 aromatic rings. The molecule has 0 aromatic carbocycles. The molecule has 0 saturated carbocycles. The van der Waals surface area contributed by atoms with E-state index >= 15 is 0 Å². The maximum absolute atomic E-state index is 11.3. The standard InChI is InChI=1S/C9H13ClN4OS/c10-8-6(12-13-16-8)5-14-4-2-1-3-7(14)9(11)15/h7H,1-5H2,(H2,11,15). The van der Waals surface area contributed by atoms with E-state index in [1.54, 1.807) is 0 Å². The number of halogens is 1. The van der Waals surface area contributed by atoms with Crippen molar-refractivity contribution in [3.63, 3.8) is 0 Å². The Morgan fingerprint density at radius 2 is 2.44 bits per heavy atom. The number of hydrogen-bond donors (Lipinski definition) is 1. The van der Waals surface area contributed by atoms with Crippen LogP contribution in [0.25, 0.3) is 0 Å². The summed E-state index contributed by atoms with van der Waals surface area (Å²) in [7, 11) is 0. The molecule has 1 saturated heterocycles. The van der Waals surface area contributed by atoms with Gasteiger partial charge in [0, 0.05) is 18.1 Å². The number of hydrogen-bond acceptors (Lipinski definition) is 5. The fraction of sp³-hybridized carbons (Fsp3) is 0.667. The number of nitrogens with two attached hydrogens (primary N) is 1. The molecule has 2 N–H and O–H groups in total. The second-order valence-electron chi connectivity index (χ2n) is 3.88. The van der Waals surface area contributed by atoms with Gasteiger partial charge in [-0.25, -0.2) is 0 Å². The van der Waals surface area contributed by atoms with Crippen LogP contribution in [0, 0.1) is 0 Å². The molecule has 1 unspecified atom stereocenters. The fourth-order valence-corrected chi connectivity index (χ4v) is 2.60. The molecule has 0 radical (unpaired) electrons. The Balaban J connectivity index is 2.07. The van der Waals surface area contributed by atoms with Crippen LogP contribution in [0.5, 0.6) is 0 Å². The fourth-order valence-electron chi connectivity index (χ4n) is 1.99. The summed E-state index contributed by atoms with van der Waals surface area (Å²) in [5.41, 5.74) is 6.11. The lowest BCUT2D eigenvalue weighted by Crippen LogP contribution is -2.47. The lowest BCUT2D eigenvalue weighted by Gasteiger charge is -2.32. The summed E-state index contributed by atoms with van der Waals surface area (Å²) >= 11 is 7.10. The predicted molar refractivity (Wildman–Crippen MR) is 62.2 cm³/mol. The van der Waals surface area contributed by atoms with Crippen molar-refractivity contribution < 1.29 is 4.79 Å². The van der Waals surface area contributed by atoms with E-state index in [0.717, 1.165) is 43.0 Å². The lowest BCUT2D eigenvalue weighted by molar-refractivity contribution is -0.124. The average molecular weight is 261 g/mol. The number of carbonyl (C=O) groups excluding carboxylic acids is 1. The third-order valence-corrected chi connectivity index (χ3v) is 3.79. The van der Waals surface area contributed by atoms with Crippen LogP contribution in [0.2, 0.25) is 4.34 Å². The van der Waals surface area contributed by atoms with Gasteiger partial charge in [-0.2, -0.15) is 0 Å². The van der Waals surface area contributed by atoms with Gasteiger partial charge in [0.2, 0.25) is 5.91 Å². The lowest BCUT2D eigenvalue weighted by atomic mass is 10.0. The van der Waals surface area contributed by atoms with Crippen LogP contribution in [0.4, 0.5) is 0 Å². The van der Waals surface area contributed by atoms with E-state index in [2.05, 4.69) is 9.59 Å². The van der Waals surface area contributed by atoms with E-state index in [1.165, 1.54) is 0 Å². The zero-order valence-electron chi connectivity index (χ0n) is 8.73. The SMILES string of the molecule is NC(=O)C1CCCCN1Cc1nnsc1Cl. The normalized spacial score (nSPS) is 22.2. The van der Waals surface area contributed by atoms with Gasteiger partial charge in [0.15, 0.2) is 0 Å². The molecular weight excluding hydrogens is 248 g/mol. The molecule has 0 spiro atoms. The van der Waals surface area contributed by atoms with Crippen molar-refractivity contribution in [1.29, 1.82) is 0 Å². The monoisotopic (exact) mass is 260 g/mol. The minimum absolute atomic E-state index is 0.188. The first-order chi connectivity index (χ1) is 7.68. The Morgan fingerprint density at radius 3 is 3.06 bits per heavy atom. The van der Waals surface area contributed by atoms with Crippen molar-refractivity contribution in [3.8, 4) is 0 Å². The highest BCUT2D eigenvalue weighted by molar-refractivity contribution is 7.10. The summed E-state index contributed by atoms with van der Waals surface area (Å²) < 4.78 is 4.37. The highest BCUT2D eigenvalue weighted by Gasteiger charge is 2.27. The van der Waals surface area contributed by atoms with E-state index in [0.29, 0.717) is 10.9 Å². The number of aromatic nitrogens is 2. The van der Waals surface area contributed by atoms with Crippen molar-refractivity contribution in [2.24, 2.45) is 5.73 Å². The average Bonchev–Trinajstić information content (AvgIpc) is 2.65. The van der Waals surface area contributed by atoms with Gasteiger partial charge in [0.25, 0.3) is 0 Å². The summed E-state index contributed by atoms with van der Waals surface area (Å²) in [6.45, 7) is 1.42. The zero-order valence-corrected chi connectivity index (χ0v) is 10.3. The van der Waals surface area contributed by atoms with Crippen LogP contribution in [-0.2, 0) is 11.3 Å². The topological polar surface area (TPSA) is 72.1 Å². The largest absolute Gasteiger partial charge is 0.368 e. The number of likely N-dealkylation sites (tertiary alicyclic amines) is 1. The van der Waals surface area contributed by atoms with Crippen LogP contribution >= 0.6 is 23.1 Å². The molecule has 1 atom stereocenters. The van der Waals surface area contributed by atoms with Crippen LogP contribution < -0.4 is 5.73 Å². The van der Waals surface area contributed by atoms with E-state index < -0.39 is 0 Å². The molecule has 7 heteroatoms. The molecule has 88 valence electrons. The Labute approximate surface area is 103 Å². The van der Waals surface area contributed by atoms with Crippen molar-refractivity contribution >= 4 is 29.0 Å². The van der Waals surface area contributed by atoms with Crippen LogP contribution in [-0.4, -0.2) is 33.0 Å². The van der Waals surface area contributed by atoms with Crippen molar-refractivity contribution in [2.45, 2.75) is 31.8 Å². The molecule has 2 heterocycles. The summed E-state index contributed by atoms with van der Waals surface area (Å²) in [5.74, 6) is -0.265. The molecular formula is C9H13ClN4OS.